The smallest absolute Gasteiger partial charge is 0.320 e. The number of aliphatic carboxylic acids is 1. The van der Waals surface area contributed by atoms with Crippen LogP contribution in [0.4, 0.5) is 0 Å². The van der Waals surface area contributed by atoms with Crippen molar-refractivity contribution in [3.05, 3.63) is 47.8 Å². The summed E-state index contributed by atoms with van der Waals surface area (Å²) in [6, 6.07) is 8.70. The first kappa shape index (κ1) is 13.2. The number of nitrogens with zero attached hydrogens (tertiary/aromatic N) is 2. The lowest BCUT2D eigenvalue weighted by atomic mass is 10.1. The molecule has 19 heavy (non-hydrogen) atoms. The van der Waals surface area contributed by atoms with Gasteiger partial charge in [0.2, 0.25) is 0 Å². The molecule has 0 fully saturated rings. The number of carbonyl (C=O) groups is 1. The maximum atomic E-state index is 10.7. The summed E-state index contributed by atoms with van der Waals surface area (Å²) in [5.74, 6) is -0.391. The van der Waals surface area contributed by atoms with Gasteiger partial charge in [0.05, 0.1) is 0 Å². The molecule has 2 rings (SSSR count). The van der Waals surface area contributed by atoms with Crippen molar-refractivity contribution in [2.24, 2.45) is 5.73 Å². The number of nitrogens with two attached hydrogens (primary N) is 1. The second-order valence-corrected chi connectivity index (χ2v) is 4.32. The fourth-order valence-corrected chi connectivity index (χ4v) is 1.74. The van der Waals surface area contributed by atoms with Gasteiger partial charge in [-0.15, -0.1) is 0 Å². The summed E-state index contributed by atoms with van der Waals surface area (Å²) < 4.78 is 0. The van der Waals surface area contributed by atoms with Crippen molar-refractivity contribution in [3.63, 3.8) is 0 Å². The summed E-state index contributed by atoms with van der Waals surface area (Å²) in [4.78, 5) is 19.4. The zero-order valence-electron chi connectivity index (χ0n) is 10.6. The molecule has 98 valence electrons. The van der Waals surface area contributed by atoms with E-state index in [1.165, 1.54) is 0 Å². The Labute approximate surface area is 111 Å². The summed E-state index contributed by atoms with van der Waals surface area (Å²) in [6.07, 6.45) is 1.88. The number of hydrogen-bond acceptors (Lipinski definition) is 4. The van der Waals surface area contributed by atoms with Gasteiger partial charge in [-0.1, -0.05) is 30.3 Å². The highest BCUT2D eigenvalue weighted by atomic mass is 16.4. The van der Waals surface area contributed by atoms with Crippen LogP contribution in [-0.4, -0.2) is 27.1 Å². The van der Waals surface area contributed by atoms with Crippen LogP contribution in [0.1, 0.15) is 11.3 Å². The third-order valence-corrected chi connectivity index (χ3v) is 2.87. The summed E-state index contributed by atoms with van der Waals surface area (Å²) >= 11 is 0. The van der Waals surface area contributed by atoms with E-state index in [2.05, 4.69) is 9.97 Å². The standard InChI is InChI=1S/C14H15N3O2/c1-9-11(7-12(15)14(18)19)8-16-13(17-9)10-5-3-2-4-6-10/h2-6,8,12H,7,15H2,1H3,(H,18,19). The molecule has 3 N–H and O–H groups in total. The summed E-state index contributed by atoms with van der Waals surface area (Å²) in [6.45, 7) is 1.83. The molecule has 1 heterocycles. The minimum atomic E-state index is -1.02. The van der Waals surface area contributed by atoms with Gasteiger partial charge in [0, 0.05) is 23.9 Å². The number of carboxylic acid groups (broad SMARTS) is 1. The Kier molecular flexibility index (Phi) is 3.87. The molecule has 1 atom stereocenters. The maximum Gasteiger partial charge on any atom is 0.320 e. The van der Waals surface area contributed by atoms with E-state index in [0.29, 0.717) is 5.82 Å². The number of rotatable bonds is 4. The average Bonchev–Trinajstić information content (AvgIpc) is 2.41. The number of aromatic nitrogens is 2. The van der Waals surface area contributed by atoms with Gasteiger partial charge in [-0.05, 0) is 12.5 Å². The summed E-state index contributed by atoms with van der Waals surface area (Å²) in [7, 11) is 0. The fourth-order valence-electron chi connectivity index (χ4n) is 1.74. The largest absolute Gasteiger partial charge is 0.480 e. The molecule has 0 aliphatic carbocycles. The van der Waals surface area contributed by atoms with Crippen LogP contribution in [0.15, 0.2) is 36.5 Å². The molecule has 0 saturated carbocycles. The Balaban J connectivity index is 2.25. The van der Waals surface area contributed by atoms with Crippen molar-refractivity contribution in [2.75, 3.05) is 0 Å². The number of hydrogen-bond donors (Lipinski definition) is 2. The minimum absolute atomic E-state index is 0.232. The predicted octanol–water partition coefficient (Wildman–Crippen LogP) is 1.41. The van der Waals surface area contributed by atoms with Gasteiger partial charge in [0.15, 0.2) is 5.82 Å². The molecule has 0 radical (unpaired) electrons. The second-order valence-electron chi connectivity index (χ2n) is 4.32. The molecule has 1 unspecified atom stereocenters. The monoisotopic (exact) mass is 257 g/mol. The van der Waals surface area contributed by atoms with E-state index in [0.717, 1.165) is 16.8 Å². The fraction of sp³-hybridized carbons (Fsp3) is 0.214. The van der Waals surface area contributed by atoms with Crippen molar-refractivity contribution < 1.29 is 9.90 Å². The second kappa shape index (κ2) is 5.58. The Morgan fingerprint density at radius 1 is 1.37 bits per heavy atom. The van der Waals surface area contributed by atoms with E-state index in [1.807, 2.05) is 37.3 Å². The van der Waals surface area contributed by atoms with Crippen LogP contribution in [0.5, 0.6) is 0 Å². The molecule has 0 bridgehead atoms. The molecule has 0 saturated heterocycles. The first-order valence-electron chi connectivity index (χ1n) is 5.94. The summed E-state index contributed by atoms with van der Waals surface area (Å²) in [5.41, 5.74) is 7.96. The van der Waals surface area contributed by atoms with E-state index in [9.17, 15) is 4.79 Å². The topological polar surface area (TPSA) is 89.1 Å². The molecular formula is C14H15N3O2. The number of carboxylic acids is 1. The highest BCUT2D eigenvalue weighted by Crippen LogP contribution is 2.16. The van der Waals surface area contributed by atoms with E-state index in [1.54, 1.807) is 6.20 Å². The molecule has 0 amide bonds. The zero-order valence-corrected chi connectivity index (χ0v) is 10.6. The number of aryl methyl sites for hydroxylation is 1. The van der Waals surface area contributed by atoms with Crippen molar-refractivity contribution in [3.8, 4) is 11.4 Å². The number of benzene rings is 1. The normalized spacial score (nSPS) is 12.1. The Morgan fingerprint density at radius 3 is 2.63 bits per heavy atom. The SMILES string of the molecule is Cc1nc(-c2ccccc2)ncc1CC(N)C(=O)O. The van der Waals surface area contributed by atoms with Crippen LogP contribution in [0.3, 0.4) is 0 Å². The van der Waals surface area contributed by atoms with E-state index in [-0.39, 0.29) is 6.42 Å². The van der Waals surface area contributed by atoms with E-state index < -0.39 is 12.0 Å². The molecule has 0 aliphatic heterocycles. The molecule has 0 spiro atoms. The minimum Gasteiger partial charge on any atom is -0.480 e. The van der Waals surface area contributed by atoms with E-state index in [4.69, 9.17) is 10.8 Å². The highest BCUT2D eigenvalue weighted by molar-refractivity contribution is 5.73. The van der Waals surface area contributed by atoms with Crippen LogP contribution < -0.4 is 5.73 Å². The quantitative estimate of drug-likeness (QED) is 0.864. The van der Waals surface area contributed by atoms with Gasteiger partial charge < -0.3 is 10.8 Å². The van der Waals surface area contributed by atoms with Crippen LogP contribution in [-0.2, 0) is 11.2 Å². The maximum absolute atomic E-state index is 10.7. The van der Waals surface area contributed by atoms with Crippen molar-refractivity contribution >= 4 is 5.97 Å². The van der Waals surface area contributed by atoms with Crippen LogP contribution >= 0.6 is 0 Å². The lowest BCUT2D eigenvalue weighted by molar-refractivity contribution is -0.138. The molecule has 5 heteroatoms. The van der Waals surface area contributed by atoms with Gasteiger partial charge in [-0.2, -0.15) is 0 Å². The molecule has 5 nitrogen and oxygen atoms in total. The van der Waals surface area contributed by atoms with Gasteiger partial charge in [0.25, 0.3) is 0 Å². The molecular weight excluding hydrogens is 242 g/mol. The first-order chi connectivity index (χ1) is 9.08. The third kappa shape index (κ3) is 3.14. The highest BCUT2D eigenvalue weighted by Gasteiger charge is 2.14. The van der Waals surface area contributed by atoms with Crippen molar-refractivity contribution in [1.82, 2.24) is 9.97 Å². The third-order valence-electron chi connectivity index (χ3n) is 2.87. The van der Waals surface area contributed by atoms with Gasteiger partial charge in [0.1, 0.15) is 6.04 Å². The molecule has 1 aromatic heterocycles. The predicted molar refractivity (Wildman–Crippen MR) is 71.5 cm³/mol. The van der Waals surface area contributed by atoms with Crippen LogP contribution in [0, 0.1) is 6.92 Å². The Bertz CT molecular complexity index is 584. The van der Waals surface area contributed by atoms with Crippen LogP contribution in [0.2, 0.25) is 0 Å². The lowest BCUT2D eigenvalue weighted by Crippen LogP contribution is -2.32. The van der Waals surface area contributed by atoms with Crippen molar-refractivity contribution in [1.29, 1.82) is 0 Å². The average molecular weight is 257 g/mol. The lowest BCUT2D eigenvalue weighted by Gasteiger charge is -2.09. The molecule has 0 aliphatic rings. The van der Waals surface area contributed by atoms with Gasteiger partial charge in [-0.3, -0.25) is 4.79 Å². The molecule has 1 aromatic carbocycles. The van der Waals surface area contributed by atoms with Crippen molar-refractivity contribution in [2.45, 2.75) is 19.4 Å². The van der Waals surface area contributed by atoms with Gasteiger partial charge >= 0.3 is 5.97 Å². The van der Waals surface area contributed by atoms with Crippen LogP contribution in [0.25, 0.3) is 11.4 Å². The van der Waals surface area contributed by atoms with Gasteiger partial charge in [-0.25, -0.2) is 9.97 Å². The summed E-state index contributed by atoms with van der Waals surface area (Å²) in [5, 5.41) is 8.80. The van der Waals surface area contributed by atoms with E-state index >= 15 is 0 Å². The first-order valence-corrected chi connectivity index (χ1v) is 5.94. The zero-order chi connectivity index (χ0) is 13.8. The Hall–Kier alpha value is -2.27. The Morgan fingerprint density at radius 2 is 2.05 bits per heavy atom. The molecule has 2 aromatic rings.